The normalized spacial score (nSPS) is 11.5. The van der Waals surface area contributed by atoms with Crippen molar-refractivity contribution >= 4 is 46.4 Å². The largest absolute Gasteiger partial charge is 0.398 e. The lowest BCUT2D eigenvalue weighted by atomic mass is 9.97. The molecule has 0 spiro atoms. The van der Waals surface area contributed by atoms with E-state index in [1.54, 1.807) is 11.8 Å². The van der Waals surface area contributed by atoms with Crippen molar-refractivity contribution in [2.45, 2.75) is 24.5 Å². The molecule has 0 saturated carbocycles. The zero-order chi connectivity index (χ0) is 25.3. The summed E-state index contributed by atoms with van der Waals surface area (Å²) in [6.07, 6.45) is 0. The second-order valence-corrected chi connectivity index (χ2v) is 16.5. The fraction of sp³-hybridized carbons (Fsp3) is 0.0909. The van der Waals surface area contributed by atoms with E-state index in [-0.39, 0.29) is 0 Å². The van der Waals surface area contributed by atoms with Gasteiger partial charge in [-0.05, 0) is 62.9 Å². The quantitative estimate of drug-likeness (QED) is 0.143. The lowest BCUT2D eigenvalue weighted by Crippen LogP contribution is -2.37. The molecule has 3 heteroatoms. The third-order valence-corrected chi connectivity index (χ3v) is 9.76. The molecule has 36 heavy (non-hydrogen) atoms. The second kappa shape index (κ2) is 9.85. The number of anilines is 1. The van der Waals surface area contributed by atoms with Crippen LogP contribution < -0.4 is 10.9 Å². The van der Waals surface area contributed by atoms with Gasteiger partial charge in [-0.1, -0.05) is 128 Å². The molecule has 0 atom stereocenters. The summed E-state index contributed by atoms with van der Waals surface area (Å²) < 4.78 is 0. The Morgan fingerprint density at radius 3 is 1.81 bits per heavy atom. The molecule has 0 bridgehead atoms. The van der Waals surface area contributed by atoms with Gasteiger partial charge in [-0.3, -0.25) is 0 Å². The van der Waals surface area contributed by atoms with Crippen molar-refractivity contribution in [1.82, 2.24) is 0 Å². The first-order valence-electron chi connectivity index (χ1n) is 12.2. The summed E-state index contributed by atoms with van der Waals surface area (Å²) in [5, 5.41) is 3.92. The number of benzene rings is 5. The average Bonchev–Trinajstić information content (AvgIpc) is 2.89. The summed E-state index contributed by atoms with van der Waals surface area (Å²) in [5.74, 6) is 0. The van der Waals surface area contributed by atoms with Crippen LogP contribution in [-0.4, -0.2) is 8.07 Å². The fourth-order valence-corrected chi connectivity index (χ4v) is 6.39. The van der Waals surface area contributed by atoms with Crippen LogP contribution in [0, 0.1) is 0 Å². The van der Waals surface area contributed by atoms with Gasteiger partial charge in [0.2, 0.25) is 0 Å². The smallest absolute Gasteiger partial charge is 0.0775 e. The van der Waals surface area contributed by atoms with E-state index in [1.807, 2.05) is 24.3 Å². The average molecular weight is 502 g/mol. The molecule has 5 rings (SSSR count). The van der Waals surface area contributed by atoms with Gasteiger partial charge >= 0.3 is 0 Å². The van der Waals surface area contributed by atoms with Gasteiger partial charge in [-0.25, -0.2) is 0 Å². The minimum Gasteiger partial charge on any atom is -0.398 e. The number of para-hydroxylation sites is 1. The van der Waals surface area contributed by atoms with Gasteiger partial charge in [0.05, 0.1) is 8.07 Å². The van der Waals surface area contributed by atoms with Gasteiger partial charge in [-0.2, -0.15) is 0 Å². The molecule has 2 N–H and O–H groups in total. The van der Waals surface area contributed by atoms with Crippen molar-refractivity contribution in [2.24, 2.45) is 0 Å². The molecular weight excluding hydrogens is 471 g/mol. The molecule has 0 aliphatic carbocycles. The zero-order valence-electron chi connectivity index (χ0n) is 21.1. The number of fused-ring (bicyclic) bond motifs is 1. The highest BCUT2D eigenvalue weighted by atomic mass is 32.2. The molecule has 0 aliphatic heterocycles. The van der Waals surface area contributed by atoms with Crippen molar-refractivity contribution in [2.75, 3.05) is 5.73 Å². The summed E-state index contributed by atoms with van der Waals surface area (Å²) in [4.78, 5) is 2.03. The molecule has 0 amide bonds. The number of hydrogen-bond donors (Lipinski definition) is 1. The van der Waals surface area contributed by atoms with Gasteiger partial charge < -0.3 is 5.73 Å². The predicted molar refractivity (Wildman–Crippen MR) is 164 cm³/mol. The van der Waals surface area contributed by atoms with Crippen molar-refractivity contribution in [3.05, 3.63) is 121 Å². The number of rotatable bonds is 6. The van der Waals surface area contributed by atoms with Crippen molar-refractivity contribution < 1.29 is 0 Å². The van der Waals surface area contributed by atoms with Gasteiger partial charge in [0.15, 0.2) is 0 Å². The minimum atomic E-state index is -1.27. The van der Waals surface area contributed by atoms with Crippen LogP contribution >= 0.6 is 11.8 Å². The van der Waals surface area contributed by atoms with Crippen LogP contribution in [0.3, 0.4) is 0 Å². The van der Waals surface area contributed by atoms with Crippen LogP contribution in [0.4, 0.5) is 5.69 Å². The summed E-state index contributed by atoms with van der Waals surface area (Å²) in [5.41, 5.74) is 13.0. The summed E-state index contributed by atoms with van der Waals surface area (Å²) in [6, 6.07) is 39.1. The molecule has 0 aromatic heterocycles. The predicted octanol–water partition coefficient (Wildman–Crippen LogP) is 9.06. The highest BCUT2D eigenvalue weighted by Crippen LogP contribution is 2.37. The molecule has 178 valence electrons. The van der Waals surface area contributed by atoms with Crippen LogP contribution in [0.5, 0.6) is 0 Å². The fourth-order valence-electron chi connectivity index (χ4n) is 4.38. The molecule has 0 heterocycles. The molecule has 0 radical (unpaired) electrons. The first-order chi connectivity index (χ1) is 17.3. The Morgan fingerprint density at radius 2 is 1.17 bits per heavy atom. The van der Waals surface area contributed by atoms with Crippen molar-refractivity contribution in [1.29, 1.82) is 0 Å². The Kier molecular flexibility index (Phi) is 6.61. The van der Waals surface area contributed by atoms with Gasteiger partial charge in [-0.15, -0.1) is 0 Å². The monoisotopic (exact) mass is 501 g/mol. The second-order valence-electron chi connectivity index (χ2n) is 10.2. The Morgan fingerprint density at radius 1 is 0.639 bits per heavy atom. The van der Waals surface area contributed by atoms with E-state index < -0.39 is 8.07 Å². The van der Waals surface area contributed by atoms with Gasteiger partial charge in [0.1, 0.15) is 0 Å². The Hall–Kier alpha value is -3.53. The Balaban J connectivity index is 1.35. The molecule has 0 aliphatic rings. The standard InChI is InChI=1S/C33H31NSSi/c1-23(35-33-8-6-5-7-32(33)34)27-13-14-30-22-28(15-16-29(30)21-27)26-11-9-24(10-12-26)25-17-19-31(20-18-25)36(2,3)4/h5-22H,1,34H2,2-4H3. The molecule has 0 fully saturated rings. The summed E-state index contributed by atoms with van der Waals surface area (Å²) in [7, 11) is -1.27. The summed E-state index contributed by atoms with van der Waals surface area (Å²) >= 11 is 1.62. The molecule has 5 aromatic rings. The zero-order valence-corrected chi connectivity index (χ0v) is 22.9. The van der Waals surface area contributed by atoms with Crippen LogP contribution in [0.1, 0.15) is 5.56 Å². The van der Waals surface area contributed by atoms with Crippen LogP contribution in [0.2, 0.25) is 19.6 Å². The number of hydrogen-bond acceptors (Lipinski definition) is 2. The Labute approximate surface area is 219 Å². The lowest BCUT2D eigenvalue weighted by molar-refractivity contribution is 1.47. The highest BCUT2D eigenvalue weighted by Gasteiger charge is 2.15. The maximum absolute atomic E-state index is 6.11. The van der Waals surface area contributed by atoms with Crippen LogP contribution in [0.25, 0.3) is 37.9 Å². The molecule has 1 nitrogen and oxygen atoms in total. The van der Waals surface area contributed by atoms with E-state index in [4.69, 9.17) is 5.73 Å². The molecule has 0 unspecified atom stereocenters. The van der Waals surface area contributed by atoms with E-state index >= 15 is 0 Å². The Bertz CT molecular complexity index is 1540. The molecular formula is C33H31NSSi. The third-order valence-electron chi connectivity index (χ3n) is 6.62. The van der Waals surface area contributed by atoms with Crippen molar-refractivity contribution in [3.63, 3.8) is 0 Å². The highest BCUT2D eigenvalue weighted by molar-refractivity contribution is 8.08. The topological polar surface area (TPSA) is 26.0 Å². The molecule has 0 saturated heterocycles. The number of nitrogen functional groups attached to an aromatic ring is 1. The van der Waals surface area contributed by atoms with Gasteiger partial charge in [0.25, 0.3) is 0 Å². The van der Waals surface area contributed by atoms with E-state index in [1.165, 1.54) is 38.2 Å². The number of thioether (sulfide) groups is 1. The first kappa shape index (κ1) is 24.2. The first-order valence-corrected chi connectivity index (χ1v) is 16.6. The van der Waals surface area contributed by atoms with Crippen LogP contribution in [0.15, 0.2) is 121 Å². The third kappa shape index (κ3) is 5.18. The lowest BCUT2D eigenvalue weighted by Gasteiger charge is -2.16. The maximum atomic E-state index is 6.11. The maximum Gasteiger partial charge on any atom is 0.0775 e. The minimum absolute atomic E-state index is 0.781. The van der Waals surface area contributed by atoms with Crippen LogP contribution in [-0.2, 0) is 0 Å². The SMILES string of the molecule is C=C(Sc1ccccc1N)c1ccc2cc(-c3ccc(-c4ccc([Si](C)(C)C)cc4)cc3)ccc2c1. The van der Waals surface area contributed by atoms with Crippen molar-refractivity contribution in [3.8, 4) is 22.3 Å². The summed E-state index contributed by atoms with van der Waals surface area (Å²) in [6.45, 7) is 11.5. The van der Waals surface area contributed by atoms with Gasteiger partial charge in [0, 0.05) is 15.5 Å². The van der Waals surface area contributed by atoms with E-state index in [0.717, 1.165) is 21.1 Å². The van der Waals surface area contributed by atoms with E-state index in [9.17, 15) is 0 Å². The molecule has 5 aromatic carbocycles. The number of nitrogens with two attached hydrogens (primary N) is 1. The van der Waals surface area contributed by atoms with E-state index in [2.05, 4.69) is 111 Å². The van der Waals surface area contributed by atoms with E-state index in [0.29, 0.717) is 0 Å².